The average Bonchev–Trinajstić information content (AvgIpc) is 3.03. The number of hydrogen-bond acceptors (Lipinski definition) is 2. The van der Waals surface area contributed by atoms with Crippen molar-refractivity contribution in [3.8, 4) is 0 Å². The van der Waals surface area contributed by atoms with Crippen LogP contribution in [0.5, 0.6) is 0 Å². The molecule has 0 aromatic rings. The summed E-state index contributed by atoms with van der Waals surface area (Å²) in [5.74, 6) is 1.73. The maximum Gasteiger partial charge on any atom is 0.0876 e. The van der Waals surface area contributed by atoms with Crippen molar-refractivity contribution in [1.29, 1.82) is 0 Å². The van der Waals surface area contributed by atoms with Crippen molar-refractivity contribution < 1.29 is 4.74 Å². The molecule has 2 nitrogen and oxygen atoms in total. The van der Waals surface area contributed by atoms with Gasteiger partial charge < -0.3 is 10.1 Å². The number of rotatable bonds is 4. The molecule has 1 heterocycles. The SMILES string of the molecule is CNC(C1=COCCC1)C(C)C1CC1. The molecule has 2 heteroatoms. The number of hydrogen-bond donors (Lipinski definition) is 1. The van der Waals surface area contributed by atoms with Gasteiger partial charge in [-0.05, 0) is 50.1 Å². The van der Waals surface area contributed by atoms with Gasteiger partial charge in [0.2, 0.25) is 0 Å². The fraction of sp³-hybridized carbons (Fsp3) is 0.833. The molecule has 2 aliphatic rings. The van der Waals surface area contributed by atoms with Gasteiger partial charge in [-0.2, -0.15) is 0 Å². The fourth-order valence-electron chi connectivity index (χ4n) is 2.49. The number of likely N-dealkylation sites (N-methyl/N-ethyl adjacent to an activating group) is 1. The number of ether oxygens (including phenoxy) is 1. The highest BCUT2D eigenvalue weighted by Crippen LogP contribution is 2.40. The Morgan fingerprint density at radius 1 is 1.50 bits per heavy atom. The Labute approximate surface area is 86.7 Å². The first-order chi connectivity index (χ1) is 6.83. The third-order valence-electron chi connectivity index (χ3n) is 3.56. The van der Waals surface area contributed by atoms with Gasteiger partial charge in [0.1, 0.15) is 0 Å². The summed E-state index contributed by atoms with van der Waals surface area (Å²) in [6, 6.07) is 0.544. The lowest BCUT2D eigenvalue weighted by atomic mass is 9.88. The van der Waals surface area contributed by atoms with Crippen molar-refractivity contribution in [2.75, 3.05) is 13.7 Å². The van der Waals surface area contributed by atoms with Crippen molar-refractivity contribution in [2.24, 2.45) is 11.8 Å². The zero-order chi connectivity index (χ0) is 9.97. The molecule has 0 spiro atoms. The highest BCUT2D eigenvalue weighted by molar-refractivity contribution is 5.12. The normalized spacial score (nSPS) is 26.3. The van der Waals surface area contributed by atoms with E-state index in [4.69, 9.17) is 4.74 Å². The lowest BCUT2D eigenvalue weighted by molar-refractivity contribution is 0.214. The summed E-state index contributed by atoms with van der Waals surface area (Å²) in [5.41, 5.74) is 1.47. The van der Waals surface area contributed by atoms with E-state index in [1.165, 1.54) is 31.3 Å². The smallest absolute Gasteiger partial charge is 0.0876 e. The zero-order valence-electron chi connectivity index (χ0n) is 9.25. The van der Waals surface area contributed by atoms with Gasteiger partial charge in [-0.15, -0.1) is 0 Å². The molecule has 1 N–H and O–H groups in total. The highest BCUT2D eigenvalue weighted by atomic mass is 16.5. The maximum absolute atomic E-state index is 5.41. The predicted octanol–water partition coefficient (Wildman–Crippen LogP) is 2.31. The minimum atomic E-state index is 0.544. The van der Waals surface area contributed by atoms with Gasteiger partial charge in [-0.3, -0.25) is 0 Å². The summed E-state index contributed by atoms with van der Waals surface area (Å²) in [4.78, 5) is 0. The van der Waals surface area contributed by atoms with Crippen LogP contribution < -0.4 is 5.32 Å². The first-order valence-corrected chi connectivity index (χ1v) is 5.80. The molecular weight excluding hydrogens is 174 g/mol. The van der Waals surface area contributed by atoms with Crippen LogP contribution in [0.1, 0.15) is 32.6 Å². The summed E-state index contributed by atoms with van der Waals surface area (Å²) < 4.78 is 5.41. The van der Waals surface area contributed by atoms with E-state index in [0.29, 0.717) is 6.04 Å². The fourth-order valence-corrected chi connectivity index (χ4v) is 2.49. The van der Waals surface area contributed by atoms with Gasteiger partial charge in [0.25, 0.3) is 0 Å². The van der Waals surface area contributed by atoms with Gasteiger partial charge in [-0.25, -0.2) is 0 Å². The summed E-state index contributed by atoms with van der Waals surface area (Å²) >= 11 is 0. The van der Waals surface area contributed by atoms with E-state index in [1.54, 1.807) is 0 Å². The topological polar surface area (TPSA) is 21.3 Å². The van der Waals surface area contributed by atoms with Gasteiger partial charge in [0.05, 0.1) is 12.9 Å². The molecule has 0 bridgehead atoms. The summed E-state index contributed by atoms with van der Waals surface area (Å²) in [5, 5.41) is 3.44. The molecule has 2 unspecified atom stereocenters. The quantitative estimate of drug-likeness (QED) is 0.743. The Bertz CT molecular complexity index is 220. The minimum absolute atomic E-state index is 0.544. The molecule has 1 fully saturated rings. The van der Waals surface area contributed by atoms with E-state index in [-0.39, 0.29) is 0 Å². The van der Waals surface area contributed by atoms with Gasteiger partial charge in [-0.1, -0.05) is 6.92 Å². The van der Waals surface area contributed by atoms with Crippen LogP contribution in [-0.2, 0) is 4.74 Å². The second-order valence-electron chi connectivity index (χ2n) is 4.63. The monoisotopic (exact) mass is 195 g/mol. The van der Waals surface area contributed by atoms with Crippen molar-refractivity contribution in [3.05, 3.63) is 11.8 Å². The summed E-state index contributed by atoms with van der Waals surface area (Å²) in [6.07, 6.45) is 7.23. The Kier molecular flexibility index (Phi) is 3.12. The molecule has 14 heavy (non-hydrogen) atoms. The third kappa shape index (κ3) is 2.11. The molecule has 2 rings (SSSR count). The van der Waals surface area contributed by atoms with Gasteiger partial charge in [0.15, 0.2) is 0 Å². The van der Waals surface area contributed by atoms with Gasteiger partial charge >= 0.3 is 0 Å². The first-order valence-electron chi connectivity index (χ1n) is 5.80. The Morgan fingerprint density at radius 3 is 2.79 bits per heavy atom. The summed E-state index contributed by atoms with van der Waals surface area (Å²) in [6.45, 7) is 3.27. The molecule has 1 aliphatic heterocycles. The Balaban J connectivity index is 1.99. The molecule has 2 atom stereocenters. The lowest BCUT2D eigenvalue weighted by Crippen LogP contribution is -2.36. The van der Waals surface area contributed by atoms with E-state index in [0.717, 1.165) is 18.4 Å². The van der Waals surface area contributed by atoms with Crippen LogP contribution in [0.2, 0.25) is 0 Å². The maximum atomic E-state index is 5.41. The highest BCUT2D eigenvalue weighted by Gasteiger charge is 2.34. The molecular formula is C12H21NO. The number of nitrogens with one attached hydrogen (secondary N) is 1. The van der Waals surface area contributed by atoms with Crippen LogP contribution in [0.3, 0.4) is 0 Å². The zero-order valence-corrected chi connectivity index (χ0v) is 9.25. The molecule has 80 valence electrons. The van der Waals surface area contributed by atoms with Crippen molar-refractivity contribution >= 4 is 0 Å². The van der Waals surface area contributed by atoms with Crippen molar-refractivity contribution in [1.82, 2.24) is 5.32 Å². The second kappa shape index (κ2) is 4.35. The van der Waals surface area contributed by atoms with E-state index < -0.39 is 0 Å². The standard InChI is InChI=1S/C12H21NO/c1-9(10-5-6-10)12(13-2)11-4-3-7-14-8-11/h8-10,12-13H,3-7H2,1-2H3. The molecule has 1 saturated carbocycles. The largest absolute Gasteiger partial charge is 0.501 e. The van der Waals surface area contributed by atoms with Crippen LogP contribution in [0.25, 0.3) is 0 Å². The van der Waals surface area contributed by atoms with Crippen LogP contribution in [0.15, 0.2) is 11.8 Å². The first kappa shape index (κ1) is 10.0. The Hall–Kier alpha value is -0.500. The van der Waals surface area contributed by atoms with E-state index in [9.17, 15) is 0 Å². The Morgan fingerprint density at radius 2 is 2.29 bits per heavy atom. The van der Waals surface area contributed by atoms with E-state index >= 15 is 0 Å². The molecule has 1 aliphatic carbocycles. The van der Waals surface area contributed by atoms with Crippen LogP contribution in [-0.4, -0.2) is 19.7 Å². The lowest BCUT2D eigenvalue weighted by Gasteiger charge is -2.28. The second-order valence-corrected chi connectivity index (χ2v) is 4.63. The van der Waals surface area contributed by atoms with Gasteiger partial charge in [0, 0.05) is 6.04 Å². The molecule has 0 saturated heterocycles. The molecule has 0 aromatic heterocycles. The van der Waals surface area contributed by atoms with Crippen molar-refractivity contribution in [3.63, 3.8) is 0 Å². The van der Waals surface area contributed by atoms with Crippen LogP contribution in [0, 0.1) is 11.8 Å². The third-order valence-corrected chi connectivity index (χ3v) is 3.56. The van der Waals surface area contributed by atoms with Crippen LogP contribution >= 0.6 is 0 Å². The molecule has 0 amide bonds. The van der Waals surface area contributed by atoms with E-state index in [1.807, 2.05) is 6.26 Å². The predicted molar refractivity (Wildman–Crippen MR) is 58.0 cm³/mol. The molecule has 0 radical (unpaired) electrons. The summed E-state index contributed by atoms with van der Waals surface area (Å²) in [7, 11) is 2.07. The average molecular weight is 195 g/mol. The van der Waals surface area contributed by atoms with Crippen LogP contribution in [0.4, 0.5) is 0 Å². The molecule has 0 aromatic carbocycles. The van der Waals surface area contributed by atoms with Crippen molar-refractivity contribution in [2.45, 2.75) is 38.6 Å². The minimum Gasteiger partial charge on any atom is -0.501 e. The van der Waals surface area contributed by atoms with E-state index in [2.05, 4.69) is 19.3 Å².